The van der Waals surface area contributed by atoms with Crippen molar-refractivity contribution in [1.29, 1.82) is 0 Å². The summed E-state index contributed by atoms with van der Waals surface area (Å²) in [7, 11) is 0. The monoisotopic (exact) mass is 472 g/mol. The van der Waals surface area contributed by atoms with Gasteiger partial charge in [0.2, 0.25) is 0 Å². The van der Waals surface area contributed by atoms with Gasteiger partial charge in [-0.3, -0.25) is 4.57 Å². The van der Waals surface area contributed by atoms with Crippen LogP contribution in [-0.2, 0) is 10.5 Å². The zero-order chi connectivity index (χ0) is 21.5. The number of ether oxygens (including phenoxy) is 1. The molecule has 4 aromatic rings. The van der Waals surface area contributed by atoms with Crippen LogP contribution in [0.2, 0.25) is 0 Å². The molecule has 11 heteroatoms. The first-order valence-electron chi connectivity index (χ1n) is 9.91. The van der Waals surface area contributed by atoms with E-state index in [1.165, 1.54) is 11.3 Å². The highest BCUT2D eigenvalue weighted by Gasteiger charge is 2.30. The molecule has 0 unspecified atom stereocenters. The van der Waals surface area contributed by atoms with Crippen molar-refractivity contribution in [3.8, 4) is 10.7 Å². The van der Waals surface area contributed by atoms with Gasteiger partial charge in [-0.2, -0.15) is 0 Å². The average Bonchev–Trinajstić information content (AvgIpc) is 3.14. The quantitative estimate of drug-likeness (QED) is 0.304. The highest BCUT2D eigenvalue weighted by molar-refractivity contribution is 7.98. The number of rotatable bonds is 7. The molecule has 31 heavy (non-hydrogen) atoms. The van der Waals surface area contributed by atoms with Crippen LogP contribution in [-0.4, -0.2) is 37.3 Å². The van der Waals surface area contributed by atoms with Gasteiger partial charge in [-0.15, -0.1) is 32.9 Å². The summed E-state index contributed by atoms with van der Waals surface area (Å²) < 4.78 is 7.38. The van der Waals surface area contributed by atoms with E-state index in [9.17, 15) is 4.79 Å². The van der Waals surface area contributed by atoms with E-state index in [1.54, 1.807) is 30.0 Å². The van der Waals surface area contributed by atoms with Crippen molar-refractivity contribution in [2.75, 3.05) is 12.3 Å². The van der Waals surface area contributed by atoms with Crippen LogP contribution in [0, 0.1) is 6.92 Å². The molecule has 0 aromatic carbocycles. The molecule has 160 valence electrons. The smallest absolute Gasteiger partial charge is 0.348 e. The number of nitrogens with two attached hydrogens (primary N) is 1. The average molecular weight is 473 g/mol. The van der Waals surface area contributed by atoms with Crippen molar-refractivity contribution in [3.05, 3.63) is 33.8 Å². The number of anilines is 1. The number of aryl methyl sites for hydroxylation is 1. The Balaban J connectivity index is 1.42. The molecule has 1 saturated carbocycles. The molecule has 1 aliphatic carbocycles. The van der Waals surface area contributed by atoms with Crippen molar-refractivity contribution in [3.63, 3.8) is 0 Å². The number of hydrogen-bond acceptors (Lipinski definition) is 10. The first-order valence-corrected chi connectivity index (χ1v) is 12.6. The minimum absolute atomic E-state index is 0.324. The molecule has 8 nitrogen and oxygen atoms in total. The summed E-state index contributed by atoms with van der Waals surface area (Å²) in [5, 5.41) is 12.5. The summed E-state index contributed by atoms with van der Waals surface area (Å²) >= 11 is 4.52. The molecule has 0 bridgehead atoms. The van der Waals surface area contributed by atoms with E-state index >= 15 is 0 Å². The van der Waals surface area contributed by atoms with Crippen LogP contribution < -0.4 is 5.73 Å². The van der Waals surface area contributed by atoms with Crippen molar-refractivity contribution in [1.82, 2.24) is 24.7 Å². The minimum atomic E-state index is -0.350. The van der Waals surface area contributed by atoms with Crippen LogP contribution in [0.5, 0.6) is 0 Å². The number of thioether (sulfide) groups is 1. The Labute approximate surface area is 190 Å². The number of fused-ring (bicyclic) bond motifs is 1. The van der Waals surface area contributed by atoms with E-state index in [0.29, 0.717) is 39.8 Å². The van der Waals surface area contributed by atoms with Gasteiger partial charge in [-0.1, -0.05) is 17.8 Å². The minimum Gasteiger partial charge on any atom is -0.462 e. The Morgan fingerprint density at radius 2 is 2.19 bits per heavy atom. The molecule has 1 aliphatic rings. The predicted octanol–water partition coefficient (Wildman–Crippen LogP) is 4.71. The molecular weight excluding hydrogens is 452 g/mol. The van der Waals surface area contributed by atoms with Gasteiger partial charge < -0.3 is 10.5 Å². The van der Waals surface area contributed by atoms with E-state index < -0.39 is 0 Å². The summed E-state index contributed by atoms with van der Waals surface area (Å²) in [6.45, 7) is 3.96. The number of carbonyl (C=O) groups is 1. The number of nitrogens with zero attached hydrogens (tertiary/aromatic N) is 5. The van der Waals surface area contributed by atoms with Gasteiger partial charge in [0, 0.05) is 6.04 Å². The first kappa shape index (κ1) is 20.4. The van der Waals surface area contributed by atoms with Gasteiger partial charge >= 0.3 is 5.97 Å². The lowest BCUT2D eigenvalue weighted by atomic mass is 10.2. The van der Waals surface area contributed by atoms with Crippen molar-refractivity contribution < 1.29 is 9.53 Å². The largest absolute Gasteiger partial charge is 0.462 e. The van der Waals surface area contributed by atoms with Crippen LogP contribution in [0.4, 0.5) is 5.82 Å². The zero-order valence-corrected chi connectivity index (χ0v) is 19.4. The van der Waals surface area contributed by atoms with Crippen LogP contribution >= 0.6 is 34.4 Å². The second-order valence-electron chi connectivity index (χ2n) is 7.16. The molecule has 0 atom stereocenters. The SMILES string of the molecule is CCOC(=O)c1sc2nc(CSc3nnc(-c4cccs4)n3C3CC3)nc(N)c2c1C. The standard InChI is InChI=1S/C20H20N6O2S3/c1-3-28-19(27)15-10(2)14-16(21)22-13(23-18(14)31-15)9-30-20-25-24-17(12-5-4-8-29-12)26(20)11-6-7-11/h4-5,8,11H,3,6-7,9H2,1-2H3,(H2,21,22,23). The lowest BCUT2D eigenvalue weighted by molar-refractivity contribution is 0.0531. The maximum atomic E-state index is 12.2. The van der Waals surface area contributed by atoms with Crippen molar-refractivity contribution in [2.45, 2.75) is 43.6 Å². The Morgan fingerprint density at radius 1 is 1.35 bits per heavy atom. The van der Waals surface area contributed by atoms with E-state index in [-0.39, 0.29) is 5.97 Å². The van der Waals surface area contributed by atoms with Crippen molar-refractivity contribution >= 4 is 56.4 Å². The second kappa shape index (κ2) is 8.21. The zero-order valence-electron chi connectivity index (χ0n) is 17.0. The number of carbonyl (C=O) groups excluding carboxylic acids is 1. The molecule has 2 N–H and O–H groups in total. The number of esters is 1. The maximum Gasteiger partial charge on any atom is 0.348 e. The summed E-state index contributed by atoms with van der Waals surface area (Å²) in [5.41, 5.74) is 7.00. The van der Waals surface area contributed by atoms with Gasteiger partial charge in [0.15, 0.2) is 11.0 Å². The fourth-order valence-corrected chi connectivity index (χ4v) is 6.08. The Hall–Kier alpha value is -2.50. The highest BCUT2D eigenvalue weighted by Crippen LogP contribution is 2.42. The molecule has 0 radical (unpaired) electrons. The number of nitrogen functional groups attached to an aromatic ring is 1. The topological polar surface area (TPSA) is 109 Å². The van der Waals surface area contributed by atoms with Gasteiger partial charge in [-0.05, 0) is 43.7 Å². The molecule has 0 saturated heterocycles. The normalized spacial score (nSPS) is 13.7. The van der Waals surface area contributed by atoms with Crippen molar-refractivity contribution in [2.24, 2.45) is 0 Å². The molecular formula is C20H20N6O2S3. The third-order valence-corrected chi connectivity index (χ3v) is 7.94. The second-order valence-corrected chi connectivity index (χ2v) is 10.0. The molecule has 0 aliphatic heterocycles. The Morgan fingerprint density at radius 3 is 2.90 bits per heavy atom. The van der Waals surface area contributed by atoms with Gasteiger partial charge in [-0.25, -0.2) is 14.8 Å². The Kier molecular flexibility index (Phi) is 5.40. The Bertz CT molecular complexity index is 1260. The fraction of sp³-hybridized carbons (Fsp3) is 0.350. The number of hydrogen-bond donors (Lipinski definition) is 1. The number of aromatic nitrogens is 5. The summed E-state index contributed by atoms with van der Waals surface area (Å²) in [6, 6.07) is 4.55. The summed E-state index contributed by atoms with van der Waals surface area (Å²) in [5.74, 6) is 2.07. The molecule has 4 aromatic heterocycles. The van der Waals surface area contributed by atoms with Gasteiger partial charge in [0.1, 0.15) is 21.3 Å². The van der Waals surface area contributed by atoms with Crippen LogP contribution in [0.1, 0.15) is 46.9 Å². The van der Waals surface area contributed by atoms with E-state index in [0.717, 1.165) is 39.6 Å². The van der Waals surface area contributed by atoms with Crippen LogP contribution in [0.3, 0.4) is 0 Å². The third-order valence-electron chi connectivity index (χ3n) is 4.97. The van der Waals surface area contributed by atoms with Crippen LogP contribution in [0.15, 0.2) is 22.7 Å². The van der Waals surface area contributed by atoms with E-state index in [4.69, 9.17) is 10.5 Å². The molecule has 0 amide bonds. The lowest BCUT2D eigenvalue weighted by Gasteiger charge is -2.07. The summed E-state index contributed by atoms with van der Waals surface area (Å²) in [4.78, 5) is 23.7. The molecule has 4 heterocycles. The van der Waals surface area contributed by atoms with E-state index in [1.807, 2.05) is 18.4 Å². The molecule has 5 rings (SSSR count). The maximum absolute atomic E-state index is 12.2. The highest BCUT2D eigenvalue weighted by atomic mass is 32.2. The number of thiophene rings is 2. The molecule has 0 spiro atoms. The third kappa shape index (κ3) is 3.81. The predicted molar refractivity (Wildman–Crippen MR) is 124 cm³/mol. The van der Waals surface area contributed by atoms with Crippen LogP contribution in [0.25, 0.3) is 20.9 Å². The summed E-state index contributed by atoms with van der Waals surface area (Å²) in [6.07, 6.45) is 2.29. The van der Waals surface area contributed by atoms with Gasteiger partial charge in [0.05, 0.1) is 22.6 Å². The van der Waals surface area contributed by atoms with E-state index in [2.05, 4.69) is 30.8 Å². The lowest BCUT2D eigenvalue weighted by Crippen LogP contribution is -2.04. The first-order chi connectivity index (χ1) is 15.1. The fourth-order valence-electron chi connectivity index (χ4n) is 3.41. The molecule has 1 fully saturated rings. The van der Waals surface area contributed by atoms with Gasteiger partial charge in [0.25, 0.3) is 0 Å².